The number of aromatic carboxylic acids is 1. The van der Waals surface area contributed by atoms with Crippen LogP contribution in [-0.4, -0.2) is 27.1 Å². The standard InChI is InChI=1S/C13H14N2O3S/c1-15-10(9(7-14-15)13(16)17)8-18-11-5-3-4-6-12(11)19-2/h3-7H,8H2,1-2H3,(H,16,17). The summed E-state index contributed by atoms with van der Waals surface area (Å²) in [6, 6.07) is 7.64. The highest BCUT2D eigenvalue weighted by Crippen LogP contribution is 2.27. The van der Waals surface area contributed by atoms with E-state index in [9.17, 15) is 4.79 Å². The average Bonchev–Trinajstić information content (AvgIpc) is 2.78. The number of aryl methyl sites for hydroxylation is 1. The van der Waals surface area contributed by atoms with E-state index in [0.29, 0.717) is 5.69 Å². The molecule has 1 aromatic heterocycles. The van der Waals surface area contributed by atoms with Crippen LogP contribution >= 0.6 is 11.8 Å². The van der Waals surface area contributed by atoms with Crippen LogP contribution in [0.3, 0.4) is 0 Å². The Labute approximate surface area is 115 Å². The summed E-state index contributed by atoms with van der Waals surface area (Å²) in [7, 11) is 1.70. The molecule has 0 spiro atoms. The van der Waals surface area contributed by atoms with E-state index in [2.05, 4.69) is 5.10 Å². The second kappa shape index (κ2) is 5.79. The Balaban J connectivity index is 2.19. The van der Waals surface area contributed by atoms with Gasteiger partial charge in [0.05, 0.1) is 11.9 Å². The first-order valence-corrected chi connectivity index (χ1v) is 6.86. The van der Waals surface area contributed by atoms with Crippen molar-refractivity contribution in [3.63, 3.8) is 0 Å². The molecule has 0 saturated carbocycles. The van der Waals surface area contributed by atoms with Gasteiger partial charge in [0, 0.05) is 11.9 Å². The van der Waals surface area contributed by atoms with Gasteiger partial charge in [0.2, 0.25) is 0 Å². The van der Waals surface area contributed by atoms with Crippen LogP contribution in [0.25, 0.3) is 0 Å². The number of thioether (sulfide) groups is 1. The van der Waals surface area contributed by atoms with Gasteiger partial charge in [0.15, 0.2) is 0 Å². The Morgan fingerprint density at radius 3 is 2.89 bits per heavy atom. The summed E-state index contributed by atoms with van der Waals surface area (Å²) in [6.45, 7) is 0.176. The van der Waals surface area contributed by atoms with E-state index in [-0.39, 0.29) is 12.2 Å². The summed E-state index contributed by atoms with van der Waals surface area (Å²) in [5.41, 5.74) is 0.715. The molecule has 1 heterocycles. The zero-order valence-electron chi connectivity index (χ0n) is 10.7. The zero-order valence-corrected chi connectivity index (χ0v) is 11.5. The molecule has 5 nitrogen and oxygen atoms in total. The van der Waals surface area contributed by atoms with E-state index in [1.54, 1.807) is 18.8 Å². The van der Waals surface area contributed by atoms with Crippen LogP contribution in [0, 0.1) is 0 Å². The van der Waals surface area contributed by atoms with Gasteiger partial charge in [-0.3, -0.25) is 4.68 Å². The largest absolute Gasteiger partial charge is 0.486 e. The molecule has 0 amide bonds. The summed E-state index contributed by atoms with van der Waals surface area (Å²) in [6.07, 6.45) is 3.30. The van der Waals surface area contributed by atoms with Gasteiger partial charge >= 0.3 is 5.97 Å². The molecule has 0 aliphatic heterocycles. The predicted octanol–water partition coefficient (Wildman–Crippen LogP) is 2.42. The minimum absolute atomic E-state index is 0.170. The molecule has 0 aliphatic carbocycles. The summed E-state index contributed by atoms with van der Waals surface area (Å²) in [5.74, 6) is -0.252. The normalized spacial score (nSPS) is 10.4. The fourth-order valence-electron chi connectivity index (χ4n) is 1.70. The van der Waals surface area contributed by atoms with Crippen LogP contribution in [0.15, 0.2) is 35.4 Å². The van der Waals surface area contributed by atoms with E-state index < -0.39 is 5.97 Å². The number of carboxylic acids is 1. The van der Waals surface area contributed by atoms with Crippen LogP contribution in [-0.2, 0) is 13.7 Å². The highest BCUT2D eigenvalue weighted by atomic mass is 32.2. The molecule has 1 aromatic carbocycles. The number of carbonyl (C=O) groups is 1. The molecular formula is C13H14N2O3S. The van der Waals surface area contributed by atoms with Crippen LogP contribution in [0.2, 0.25) is 0 Å². The summed E-state index contributed by atoms with van der Waals surface area (Å²) in [4.78, 5) is 12.1. The van der Waals surface area contributed by atoms with E-state index in [0.717, 1.165) is 10.6 Å². The van der Waals surface area contributed by atoms with Crippen molar-refractivity contribution in [2.45, 2.75) is 11.5 Å². The number of aromatic nitrogens is 2. The molecule has 100 valence electrons. The number of para-hydroxylation sites is 1. The quantitative estimate of drug-likeness (QED) is 0.851. The Hall–Kier alpha value is -1.95. The van der Waals surface area contributed by atoms with E-state index >= 15 is 0 Å². The van der Waals surface area contributed by atoms with Gasteiger partial charge < -0.3 is 9.84 Å². The van der Waals surface area contributed by atoms with Crippen LogP contribution in [0.4, 0.5) is 0 Å². The highest BCUT2D eigenvalue weighted by molar-refractivity contribution is 7.98. The van der Waals surface area contributed by atoms with Gasteiger partial charge in [0.25, 0.3) is 0 Å². The molecular weight excluding hydrogens is 264 g/mol. The van der Waals surface area contributed by atoms with Crippen molar-refractivity contribution < 1.29 is 14.6 Å². The number of carboxylic acid groups (broad SMARTS) is 1. The molecule has 0 unspecified atom stereocenters. The number of hydrogen-bond acceptors (Lipinski definition) is 4. The number of benzene rings is 1. The third kappa shape index (κ3) is 2.90. The number of rotatable bonds is 5. The van der Waals surface area contributed by atoms with Gasteiger partial charge in [-0.1, -0.05) is 12.1 Å². The SMILES string of the molecule is CSc1ccccc1OCc1c(C(=O)O)cnn1C. The lowest BCUT2D eigenvalue weighted by atomic mass is 10.2. The fourth-order valence-corrected chi connectivity index (χ4v) is 2.24. The molecule has 0 fully saturated rings. The summed E-state index contributed by atoms with van der Waals surface area (Å²) in [5, 5.41) is 13.0. The van der Waals surface area contributed by atoms with E-state index in [4.69, 9.17) is 9.84 Å². The van der Waals surface area contributed by atoms with Crippen LogP contribution < -0.4 is 4.74 Å². The maximum absolute atomic E-state index is 11.1. The number of ether oxygens (including phenoxy) is 1. The van der Waals surface area contributed by atoms with E-state index in [1.807, 2.05) is 30.5 Å². The smallest absolute Gasteiger partial charge is 0.339 e. The molecule has 2 aromatic rings. The minimum atomic E-state index is -0.996. The third-order valence-electron chi connectivity index (χ3n) is 2.73. The fraction of sp³-hybridized carbons (Fsp3) is 0.231. The second-order valence-electron chi connectivity index (χ2n) is 3.87. The van der Waals surface area contributed by atoms with Crippen molar-refractivity contribution in [3.05, 3.63) is 41.7 Å². The van der Waals surface area contributed by atoms with Crippen molar-refractivity contribution in [2.24, 2.45) is 7.05 Å². The van der Waals surface area contributed by atoms with Gasteiger partial charge in [-0.05, 0) is 18.4 Å². The lowest BCUT2D eigenvalue weighted by molar-refractivity contribution is 0.0693. The average molecular weight is 278 g/mol. The minimum Gasteiger partial charge on any atom is -0.486 e. The molecule has 0 saturated heterocycles. The lowest BCUT2D eigenvalue weighted by Crippen LogP contribution is -2.08. The Morgan fingerprint density at radius 2 is 2.21 bits per heavy atom. The van der Waals surface area contributed by atoms with Gasteiger partial charge in [0.1, 0.15) is 17.9 Å². The first-order valence-electron chi connectivity index (χ1n) is 5.63. The molecule has 1 N–H and O–H groups in total. The van der Waals surface area contributed by atoms with Gasteiger partial charge in [-0.2, -0.15) is 5.10 Å². The first-order chi connectivity index (χ1) is 9.13. The van der Waals surface area contributed by atoms with Crippen molar-refractivity contribution in [3.8, 4) is 5.75 Å². The second-order valence-corrected chi connectivity index (χ2v) is 4.72. The molecule has 2 rings (SSSR count). The summed E-state index contributed by atoms with van der Waals surface area (Å²) >= 11 is 1.58. The molecule has 0 atom stereocenters. The topological polar surface area (TPSA) is 64.3 Å². The summed E-state index contributed by atoms with van der Waals surface area (Å²) < 4.78 is 7.22. The van der Waals surface area contributed by atoms with E-state index in [1.165, 1.54) is 10.9 Å². The number of hydrogen-bond donors (Lipinski definition) is 1. The molecule has 0 radical (unpaired) electrons. The highest BCUT2D eigenvalue weighted by Gasteiger charge is 2.15. The van der Waals surface area contributed by atoms with Gasteiger partial charge in [-0.15, -0.1) is 11.8 Å². The number of nitrogens with zero attached hydrogens (tertiary/aromatic N) is 2. The predicted molar refractivity (Wildman–Crippen MR) is 72.7 cm³/mol. The maximum atomic E-state index is 11.1. The van der Waals surface area contributed by atoms with Crippen molar-refractivity contribution >= 4 is 17.7 Å². The molecule has 19 heavy (non-hydrogen) atoms. The van der Waals surface area contributed by atoms with Crippen molar-refractivity contribution in [1.29, 1.82) is 0 Å². The van der Waals surface area contributed by atoms with Crippen molar-refractivity contribution in [1.82, 2.24) is 9.78 Å². The monoisotopic (exact) mass is 278 g/mol. The third-order valence-corrected chi connectivity index (χ3v) is 3.50. The Kier molecular flexibility index (Phi) is 4.11. The molecule has 0 aliphatic rings. The maximum Gasteiger partial charge on any atom is 0.339 e. The Bertz CT molecular complexity index is 595. The first kappa shape index (κ1) is 13.5. The molecule has 6 heteroatoms. The van der Waals surface area contributed by atoms with Crippen molar-refractivity contribution in [2.75, 3.05) is 6.26 Å². The Morgan fingerprint density at radius 1 is 1.47 bits per heavy atom. The van der Waals surface area contributed by atoms with Gasteiger partial charge in [-0.25, -0.2) is 4.79 Å². The van der Waals surface area contributed by atoms with Crippen LogP contribution in [0.5, 0.6) is 5.75 Å². The lowest BCUT2D eigenvalue weighted by Gasteiger charge is -2.10. The zero-order chi connectivity index (χ0) is 13.8. The molecule has 0 bridgehead atoms. The van der Waals surface area contributed by atoms with Crippen LogP contribution in [0.1, 0.15) is 16.1 Å².